The van der Waals surface area contributed by atoms with Crippen LogP contribution in [-0.4, -0.2) is 44.2 Å². The van der Waals surface area contributed by atoms with Gasteiger partial charge in [0.1, 0.15) is 6.61 Å². The van der Waals surface area contributed by atoms with Crippen molar-refractivity contribution in [3.05, 3.63) is 22.4 Å². The van der Waals surface area contributed by atoms with E-state index in [4.69, 9.17) is 4.74 Å². The number of piperidine rings is 1. The third kappa shape index (κ3) is 4.93. The van der Waals surface area contributed by atoms with Crippen molar-refractivity contribution in [2.45, 2.75) is 19.4 Å². The molecule has 2 heterocycles. The van der Waals surface area contributed by atoms with Crippen molar-refractivity contribution >= 4 is 17.2 Å². The van der Waals surface area contributed by atoms with Crippen molar-refractivity contribution in [1.29, 1.82) is 0 Å². The van der Waals surface area contributed by atoms with Crippen LogP contribution < -0.4 is 5.32 Å². The molecule has 19 heavy (non-hydrogen) atoms. The van der Waals surface area contributed by atoms with Crippen LogP contribution in [0.15, 0.2) is 16.8 Å². The van der Waals surface area contributed by atoms with Crippen LogP contribution in [0.1, 0.15) is 18.4 Å². The minimum Gasteiger partial charge on any atom is -0.375 e. The second-order valence-electron chi connectivity index (χ2n) is 5.09. The molecule has 1 aromatic rings. The molecule has 1 aromatic heterocycles. The second-order valence-corrected chi connectivity index (χ2v) is 5.87. The third-order valence-corrected chi connectivity index (χ3v) is 4.29. The van der Waals surface area contributed by atoms with Crippen molar-refractivity contribution in [3.63, 3.8) is 0 Å². The number of carbonyl (C=O) groups excluding carboxylic acids is 1. The number of likely N-dealkylation sites (tertiary alicyclic amines) is 1. The van der Waals surface area contributed by atoms with Crippen LogP contribution in [0, 0.1) is 5.92 Å². The Balaban J connectivity index is 1.63. The molecule has 1 aliphatic heterocycles. The highest BCUT2D eigenvalue weighted by atomic mass is 32.1. The molecule has 0 spiro atoms. The molecule has 1 aliphatic rings. The molecule has 0 bridgehead atoms. The molecule has 0 aromatic carbocycles. The number of amides is 1. The van der Waals surface area contributed by atoms with E-state index in [0.717, 1.165) is 39.0 Å². The number of ether oxygens (including phenoxy) is 1. The smallest absolute Gasteiger partial charge is 0.245 e. The molecule has 0 atom stereocenters. The molecule has 0 unspecified atom stereocenters. The maximum Gasteiger partial charge on any atom is 0.245 e. The maximum atomic E-state index is 11.3. The number of hydrogen-bond acceptors (Lipinski definition) is 4. The molecule has 0 radical (unpaired) electrons. The number of methoxy groups -OCH3 is 1. The first-order valence-electron chi connectivity index (χ1n) is 6.77. The van der Waals surface area contributed by atoms with Gasteiger partial charge in [0.05, 0.1) is 0 Å². The molecule has 5 heteroatoms. The van der Waals surface area contributed by atoms with E-state index < -0.39 is 0 Å². The zero-order chi connectivity index (χ0) is 13.5. The SMILES string of the molecule is COCC(=O)NCC1CCN(Cc2ccsc2)CC1. The monoisotopic (exact) mass is 282 g/mol. The maximum absolute atomic E-state index is 11.3. The van der Waals surface area contributed by atoms with E-state index in [-0.39, 0.29) is 12.5 Å². The molecular formula is C14H22N2O2S. The van der Waals surface area contributed by atoms with E-state index in [1.807, 2.05) is 0 Å². The van der Waals surface area contributed by atoms with E-state index in [9.17, 15) is 4.79 Å². The Morgan fingerprint density at radius 1 is 1.53 bits per heavy atom. The number of nitrogens with one attached hydrogen (secondary N) is 1. The number of nitrogens with zero attached hydrogens (tertiary/aromatic N) is 1. The lowest BCUT2D eigenvalue weighted by atomic mass is 9.96. The van der Waals surface area contributed by atoms with Crippen LogP contribution >= 0.6 is 11.3 Å². The van der Waals surface area contributed by atoms with Gasteiger partial charge in [-0.3, -0.25) is 9.69 Å². The first-order chi connectivity index (χ1) is 9.28. The summed E-state index contributed by atoms with van der Waals surface area (Å²) in [7, 11) is 1.54. The summed E-state index contributed by atoms with van der Waals surface area (Å²) >= 11 is 1.76. The Morgan fingerprint density at radius 2 is 2.32 bits per heavy atom. The lowest BCUT2D eigenvalue weighted by Gasteiger charge is -2.31. The zero-order valence-electron chi connectivity index (χ0n) is 11.4. The predicted molar refractivity (Wildman–Crippen MR) is 77.2 cm³/mol. The minimum atomic E-state index is -0.0109. The van der Waals surface area contributed by atoms with Gasteiger partial charge < -0.3 is 10.1 Å². The van der Waals surface area contributed by atoms with Crippen LogP contribution in [0.3, 0.4) is 0 Å². The van der Waals surface area contributed by atoms with Gasteiger partial charge >= 0.3 is 0 Å². The highest BCUT2D eigenvalue weighted by Gasteiger charge is 2.19. The summed E-state index contributed by atoms with van der Waals surface area (Å²) in [4.78, 5) is 13.8. The number of hydrogen-bond donors (Lipinski definition) is 1. The summed E-state index contributed by atoms with van der Waals surface area (Å²) in [6.45, 7) is 4.26. The summed E-state index contributed by atoms with van der Waals surface area (Å²) in [6.07, 6.45) is 2.33. The van der Waals surface area contributed by atoms with Gasteiger partial charge in [-0.15, -0.1) is 0 Å². The first kappa shape index (κ1) is 14.5. The number of rotatable bonds is 6. The second kappa shape index (κ2) is 7.62. The standard InChI is InChI=1S/C14H22N2O2S/c1-18-10-14(17)15-8-12-2-5-16(6-3-12)9-13-4-7-19-11-13/h4,7,11-12H,2-3,5-6,8-10H2,1H3,(H,15,17). The van der Waals surface area contributed by atoms with Gasteiger partial charge in [0.2, 0.25) is 5.91 Å². The summed E-state index contributed by atoms with van der Waals surface area (Å²) < 4.78 is 4.80. The molecule has 1 fully saturated rings. The molecule has 0 aliphatic carbocycles. The Bertz CT molecular complexity index is 373. The fourth-order valence-corrected chi connectivity index (χ4v) is 3.09. The van der Waals surface area contributed by atoms with Gasteiger partial charge in [-0.2, -0.15) is 11.3 Å². The molecule has 0 saturated carbocycles. The molecule has 2 rings (SSSR count). The molecule has 1 N–H and O–H groups in total. The highest BCUT2D eigenvalue weighted by Crippen LogP contribution is 2.19. The van der Waals surface area contributed by atoms with Crippen molar-refractivity contribution in [1.82, 2.24) is 10.2 Å². The Hall–Kier alpha value is -0.910. The largest absolute Gasteiger partial charge is 0.375 e. The van der Waals surface area contributed by atoms with Crippen LogP contribution in [-0.2, 0) is 16.1 Å². The summed E-state index contributed by atoms with van der Waals surface area (Å²) in [5, 5.41) is 7.28. The molecule has 106 valence electrons. The van der Waals surface area contributed by atoms with E-state index in [0.29, 0.717) is 5.92 Å². The highest BCUT2D eigenvalue weighted by molar-refractivity contribution is 7.07. The van der Waals surface area contributed by atoms with Gasteiger partial charge in [-0.05, 0) is 54.2 Å². The zero-order valence-corrected chi connectivity index (χ0v) is 12.2. The topological polar surface area (TPSA) is 41.6 Å². The molecule has 4 nitrogen and oxygen atoms in total. The van der Waals surface area contributed by atoms with E-state index in [1.54, 1.807) is 18.4 Å². The average Bonchev–Trinajstić information content (AvgIpc) is 2.91. The Kier molecular flexibility index (Phi) is 5.82. The fourth-order valence-electron chi connectivity index (χ4n) is 2.43. The normalized spacial score (nSPS) is 17.5. The van der Waals surface area contributed by atoms with E-state index >= 15 is 0 Å². The number of carbonyl (C=O) groups is 1. The molecular weight excluding hydrogens is 260 g/mol. The lowest BCUT2D eigenvalue weighted by molar-refractivity contribution is -0.125. The molecule has 1 amide bonds. The van der Waals surface area contributed by atoms with Crippen molar-refractivity contribution in [2.24, 2.45) is 5.92 Å². The van der Waals surface area contributed by atoms with E-state index in [2.05, 4.69) is 27.0 Å². The first-order valence-corrected chi connectivity index (χ1v) is 7.71. The van der Waals surface area contributed by atoms with Crippen molar-refractivity contribution in [3.8, 4) is 0 Å². The lowest BCUT2D eigenvalue weighted by Crippen LogP contribution is -2.39. The van der Waals surface area contributed by atoms with Gasteiger partial charge in [-0.1, -0.05) is 0 Å². The van der Waals surface area contributed by atoms with E-state index in [1.165, 1.54) is 5.56 Å². The van der Waals surface area contributed by atoms with Crippen molar-refractivity contribution in [2.75, 3.05) is 33.4 Å². The fraction of sp³-hybridized carbons (Fsp3) is 0.643. The van der Waals surface area contributed by atoms with Gasteiger partial charge in [0.25, 0.3) is 0 Å². The minimum absolute atomic E-state index is 0.0109. The average molecular weight is 282 g/mol. The van der Waals surface area contributed by atoms with Crippen LogP contribution in [0.25, 0.3) is 0 Å². The van der Waals surface area contributed by atoms with Gasteiger partial charge in [0.15, 0.2) is 0 Å². The summed E-state index contributed by atoms with van der Waals surface area (Å²) in [5.74, 6) is 0.600. The summed E-state index contributed by atoms with van der Waals surface area (Å²) in [5.41, 5.74) is 1.41. The quantitative estimate of drug-likeness (QED) is 0.864. The molecule has 1 saturated heterocycles. The van der Waals surface area contributed by atoms with Crippen molar-refractivity contribution < 1.29 is 9.53 Å². The van der Waals surface area contributed by atoms with Crippen LogP contribution in [0.2, 0.25) is 0 Å². The van der Waals surface area contributed by atoms with Crippen LogP contribution in [0.5, 0.6) is 0 Å². The summed E-state index contributed by atoms with van der Waals surface area (Å²) in [6, 6.07) is 2.20. The number of thiophene rings is 1. The predicted octanol–water partition coefficient (Wildman–Crippen LogP) is 1.72. The Morgan fingerprint density at radius 3 is 2.95 bits per heavy atom. The van der Waals surface area contributed by atoms with Crippen LogP contribution in [0.4, 0.5) is 0 Å². The Labute approximate surface area is 118 Å². The third-order valence-electron chi connectivity index (χ3n) is 3.56. The van der Waals surface area contributed by atoms with Gasteiger partial charge in [0, 0.05) is 20.2 Å². The van der Waals surface area contributed by atoms with Gasteiger partial charge in [-0.25, -0.2) is 0 Å².